The summed E-state index contributed by atoms with van der Waals surface area (Å²) in [6.45, 7) is -0.867. The zero-order valence-corrected chi connectivity index (χ0v) is 16.0. The predicted molar refractivity (Wildman–Crippen MR) is 106 cm³/mol. The zero-order chi connectivity index (χ0) is 21.8. The molecule has 0 radical (unpaired) electrons. The van der Waals surface area contributed by atoms with Crippen molar-refractivity contribution in [3.63, 3.8) is 0 Å². The largest absolute Gasteiger partial charge is 0.480 e. The van der Waals surface area contributed by atoms with E-state index in [1.807, 2.05) is 0 Å². The molecule has 1 aromatic heterocycles. The molecule has 0 spiro atoms. The van der Waals surface area contributed by atoms with E-state index in [4.69, 9.17) is 21.8 Å². The molecule has 1 heterocycles. The lowest BCUT2D eigenvalue weighted by Gasteiger charge is -2.14. The number of carboxylic acid groups (broad SMARTS) is 1. The maximum Gasteiger partial charge on any atom is 0.328 e. The molecule has 30 heavy (non-hydrogen) atoms. The minimum absolute atomic E-state index is 0.0711. The molecule has 0 bridgehead atoms. The van der Waals surface area contributed by atoms with Gasteiger partial charge in [0.25, 0.3) is 11.5 Å². The fourth-order valence-corrected chi connectivity index (χ4v) is 2.75. The van der Waals surface area contributed by atoms with Crippen LogP contribution in [0.3, 0.4) is 0 Å². The number of hydrogen-bond donors (Lipinski definition) is 3. The molecule has 0 saturated carbocycles. The van der Waals surface area contributed by atoms with Crippen molar-refractivity contribution >= 4 is 23.5 Å². The van der Waals surface area contributed by atoms with Crippen molar-refractivity contribution in [2.24, 2.45) is 0 Å². The summed E-state index contributed by atoms with van der Waals surface area (Å²) in [5.41, 5.74) is -0.550. The Morgan fingerprint density at radius 1 is 1.17 bits per heavy atom. The van der Waals surface area contributed by atoms with Gasteiger partial charge in [0.2, 0.25) is 0 Å². The van der Waals surface area contributed by atoms with Gasteiger partial charge in [-0.3, -0.25) is 9.59 Å². The van der Waals surface area contributed by atoms with Crippen LogP contribution in [0.1, 0.15) is 10.4 Å². The third-order valence-electron chi connectivity index (χ3n) is 4.13. The minimum atomic E-state index is -1.60. The number of nitrogens with one attached hydrogen (secondary N) is 1. The van der Waals surface area contributed by atoms with E-state index in [1.165, 1.54) is 24.3 Å². The summed E-state index contributed by atoms with van der Waals surface area (Å²) in [4.78, 5) is 36.6. The van der Waals surface area contributed by atoms with Gasteiger partial charge in [0.15, 0.2) is 6.04 Å². The van der Waals surface area contributed by atoms with Crippen molar-refractivity contribution < 1.29 is 24.2 Å². The molecule has 10 heteroatoms. The molecule has 154 valence electrons. The van der Waals surface area contributed by atoms with Crippen LogP contribution >= 0.6 is 11.6 Å². The molecule has 0 saturated heterocycles. The lowest BCUT2D eigenvalue weighted by molar-refractivity contribution is -0.140. The van der Waals surface area contributed by atoms with E-state index >= 15 is 0 Å². The summed E-state index contributed by atoms with van der Waals surface area (Å²) in [5.74, 6) is -3.11. The second-order valence-corrected chi connectivity index (χ2v) is 6.63. The van der Waals surface area contributed by atoms with Crippen LogP contribution in [0.2, 0.25) is 5.02 Å². The van der Waals surface area contributed by atoms with E-state index in [-0.39, 0.29) is 11.4 Å². The maximum atomic E-state index is 13.7. The van der Waals surface area contributed by atoms with Crippen LogP contribution in [0.25, 0.3) is 16.9 Å². The molecule has 2 aromatic carbocycles. The summed E-state index contributed by atoms with van der Waals surface area (Å²) in [6, 6.07) is 11.0. The smallest absolute Gasteiger partial charge is 0.328 e. The molecule has 0 aliphatic heterocycles. The van der Waals surface area contributed by atoms with E-state index in [9.17, 15) is 18.8 Å². The van der Waals surface area contributed by atoms with Crippen molar-refractivity contribution in [3.8, 4) is 16.9 Å². The summed E-state index contributed by atoms with van der Waals surface area (Å²) in [5, 5.41) is 24.9. The number of aliphatic carboxylic acids is 1. The Labute approximate surface area is 174 Å². The first-order valence-corrected chi connectivity index (χ1v) is 8.98. The van der Waals surface area contributed by atoms with E-state index < -0.39 is 41.5 Å². The summed E-state index contributed by atoms with van der Waals surface area (Å²) in [6.07, 6.45) is 0. The van der Waals surface area contributed by atoms with Crippen LogP contribution in [-0.2, 0) is 4.79 Å². The van der Waals surface area contributed by atoms with Gasteiger partial charge >= 0.3 is 5.97 Å². The number of nitrogens with zero attached hydrogens (tertiary/aromatic N) is 2. The highest BCUT2D eigenvalue weighted by Gasteiger charge is 2.23. The molecule has 8 nitrogen and oxygen atoms in total. The Kier molecular flexibility index (Phi) is 6.24. The first-order valence-electron chi connectivity index (χ1n) is 8.61. The van der Waals surface area contributed by atoms with Gasteiger partial charge in [-0.05, 0) is 36.4 Å². The van der Waals surface area contributed by atoms with Crippen LogP contribution in [0, 0.1) is 5.82 Å². The fraction of sp³-hybridized carbons (Fsp3) is 0.100. The number of aliphatic hydroxyl groups is 1. The first-order chi connectivity index (χ1) is 14.3. The van der Waals surface area contributed by atoms with E-state index in [1.54, 1.807) is 24.3 Å². The topological polar surface area (TPSA) is 122 Å². The predicted octanol–water partition coefficient (Wildman–Crippen LogP) is 1.87. The SMILES string of the molecule is O=C(N[C@@H](CO)C(=O)O)c1cc(-c2ccc(Cl)cc2)nn(-c2cccc(F)c2)c1=O. The third kappa shape index (κ3) is 4.53. The van der Waals surface area contributed by atoms with Crippen molar-refractivity contribution in [2.75, 3.05) is 6.61 Å². The average Bonchev–Trinajstić information content (AvgIpc) is 2.72. The van der Waals surface area contributed by atoms with Gasteiger partial charge in [0.1, 0.15) is 11.4 Å². The number of carboxylic acids is 1. The standard InChI is InChI=1S/C20H15ClFN3O5/c21-12-6-4-11(5-7-12)16-9-15(18(27)23-17(10-26)20(29)30)19(28)25(24-16)14-3-1-2-13(22)8-14/h1-9,17,26H,10H2,(H,23,27)(H,29,30)/t17-/m0/s1. The second kappa shape index (κ2) is 8.85. The molecule has 0 unspecified atom stereocenters. The van der Waals surface area contributed by atoms with Crippen LogP contribution in [0.4, 0.5) is 4.39 Å². The van der Waals surface area contributed by atoms with Crippen LogP contribution in [0.5, 0.6) is 0 Å². The van der Waals surface area contributed by atoms with Crippen LogP contribution in [-0.4, -0.2) is 44.5 Å². The Balaban J connectivity index is 2.18. The Morgan fingerprint density at radius 2 is 1.87 bits per heavy atom. The number of aromatic nitrogens is 2. The molecule has 3 N–H and O–H groups in total. The van der Waals surface area contributed by atoms with Gasteiger partial charge in [-0.15, -0.1) is 0 Å². The number of benzene rings is 2. The molecule has 0 aliphatic carbocycles. The first kappa shape index (κ1) is 21.2. The molecular formula is C20H15ClFN3O5. The fourth-order valence-electron chi connectivity index (χ4n) is 2.62. The highest BCUT2D eigenvalue weighted by Crippen LogP contribution is 2.20. The van der Waals surface area contributed by atoms with Crippen molar-refractivity contribution in [3.05, 3.63) is 81.4 Å². The van der Waals surface area contributed by atoms with Gasteiger partial charge in [0, 0.05) is 10.6 Å². The van der Waals surface area contributed by atoms with Crippen molar-refractivity contribution in [2.45, 2.75) is 6.04 Å². The minimum Gasteiger partial charge on any atom is -0.480 e. The summed E-state index contributed by atoms with van der Waals surface area (Å²) in [7, 11) is 0. The van der Waals surface area contributed by atoms with Gasteiger partial charge in [0.05, 0.1) is 18.0 Å². The van der Waals surface area contributed by atoms with E-state index in [2.05, 4.69) is 10.4 Å². The molecule has 1 atom stereocenters. The summed E-state index contributed by atoms with van der Waals surface area (Å²) >= 11 is 5.89. The third-order valence-corrected chi connectivity index (χ3v) is 4.39. The highest BCUT2D eigenvalue weighted by molar-refractivity contribution is 6.30. The molecule has 1 amide bonds. The Bertz CT molecular complexity index is 1160. The van der Waals surface area contributed by atoms with Gasteiger partial charge in [-0.2, -0.15) is 9.78 Å². The number of halogens is 2. The van der Waals surface area contributed by atoms with E-state index in [0.717, 1.165) is 10.7 Å². The van der Waals surface area contributed by atoms with Crippen LogP contribution < -0.4 is 10.9 Å². The van der Waals surface area contributed by atoms with Crippen LogP contribution in [0.15, 0.2) is 59.4 Å². The second-order valence-electron chi connectivity index (χ2n) is 6.19. The normalized spacial score (nSPS) is 11.7. The maximum absolute atomic E-state index is 13.7. The lowest BCUT2D eigenvalue weighted by atomic mass is 10.1. The van der Waals surface area contributed by atoms with Gasteiger partial charge in [-0.25, -0.2) is 9.18 Å². The number of aliphatic hydroxyl groups excluding tert-OH is 1. The zero-order valence-electron chi connectivity index (χ0n) is 15.3. The molecular weight excluding hydrogens is 417 g/mol. The monoisotopic (exact) mass is 431 g/mol. The van der Waals surface area contributed by atoms with E-state index in [0.29, 0.717) is 10.6 Å². The highest BCUT2D eigenvalue weighted by atomic mass is 35.5. The number of hydrogen-bond acceptors (Lipinski definition) is 5. The molecule has 0 aliphatic rings. The van der Waals surface area contributed by atoms with Gasteiger partial charge in [-0.1, -0.05) is 29.8 Å². The molecule has 0 fully saturated rings. The molecule has 3 rings (SSSR count). The van der Waals surface area contributed by atoms with Crippen molar-refractivity contribution in [1.29, 1.82) is 0 Å². The number of amides is 1. The van der Waals surface area contributed by atoms with Gasteiger partial charge < -0.3 is 15.5 Å². The molecule has 3 aromatic rings. The number of carbonyl (C=O) groups excluding carboxylic acids is 1. The Hall–Kier alpha value is -3.56. The van der Waals surface area contributed by atoms with Crippen molar-refractivity contribution in [1.82, 2.24) is 15.1 Å². The summed E-state index contributed by atoms with van der Waals surface area (Å²) < 4.78 is 14.5. The quantitative estimate of drug-likeness (QED) is 0.547. The average molecular weight is 432 g/mol. The lowest BCUT2D eigenvalue weighted by Crippen LogP contribution is -2.45. The Morgan fingerprint density at radius 3 is 2.47 bits per heavy atom. The number of rotatable bonds is 6. The number of carbonyl (C=O) groups is 2.